The number of hydrogen-bond acceptors (Lipinski definition) is 4. The van der Waals surface area contributed by atoms with Gasteiger partial charge in [0.15, 0.2) is 0 Å². The molecule has 0 saturated carbocycles. The Morgan fingerprint density at radius 2 is 1.66 bits per heavy atom. The molecule has 0 spiro atoms. The summed E-state index contributed by atoms with van der Waals surface area (Å²) in [6.45, 7) is 1.38. The fourth-order valence-corrected chi connectivity index (χ4v) is 4.30. The van der Waals surface area contributed by atoms with Crippen molar-refractivity contribution in [3.05, 3.63) is 64.6 Å². The second kappa shape index (κ2) is 9.89. The number of nitrogens with one attached hydrogen (secondary N) is 1. The maximum Gasteiger partial charge on any atom is 0.244 e. The Morgan fingerprint density at radius 3 is 2.21 bits per heavy atom. The largest absolute Gasteiger partial charge is 0.357 e. The first kappa shape index (κ1) is 22.9. The van der Waals surface area contributed by atoms with Gasteiger partial charge < -0.3 is 10.2 Å². The Balaban J connectivity index is 2.37. The van der Waals surface area contributed by atoms with Gasteiger partial charge in [0.25, 0.3) is 0 Å². The van der Waals surface area contributed by atoms with Gasteiger partial charge in [0.05, 0.1) is 11.9 Å². The van der Waals surface area contributed by atoms with Crippen LogP contribution in [0.3, 0.4) is 0 Å². The maximum absolute atomic E-state index is 13.2. The molecule has 9 heteroatoms. The van der Waals surface area contributed by atoms with Gasteiger partial charge in [-0.05, 0) is 40.5 Å². The van der Waals surface area contributed by atoms with Gasteiger partial charge in [-0.2, -0.15) is 0 Å². The number of benzene rings is 2. The Morgan fingerprint density at radius 1 is 1.07 bits per heavy atom. The van der Waals surface area contributed by atoms with Crippen LogP contribution in [0.2, 0.25) is 0 Å². The predicted octanol–water partition coefficient (Wildman–Crippen LogP) is 2.38. The molecule has 0 fully saturated rings. The standard InChI is InChI=1S/C20H24BrN3O4S/c1-15(20(26)22-2)23(13-16-9-5-4-6-10-16)19(25)14-24(29(3,27)28)18-12-8-7-11-17(18)21/h4-12,15H,13-14H2,1-3H3,(H,22,26)/t15-/m0/s1. The minimum Gasteiger partial charge on any atom is -0.357 e. The molecule has 1 N–H and O–H groups in total. The van der Waals surface area contributed by atoms with Gasteiger partial charge in [-0.15, -0.1) is 0 Å². The molecular formula is C20H24BrN3O4S. The first-order valence-corrected chi connectivity index (χ1v) is 11.6. The van der Waals surface area contributed by atoms with E-state index in [4.69, 9.17) is 0 Å². The first-order chi connectivity index (χ1) is 13.6. The third-order valence-electron chi connectivity index (χ3n) is 4.41. The zero-order valence-corrected chi connectivity index (χ0v) is 18.9. The van der Waals surface area contributed by atoms with Crippen LogP contribution in [-0.4, -0.2) is 51.0 Å². The molecule has 0 heterocycles. The van der Waals surface area contributed by atoms with Crippen LogP contribution in [0.5, 0.6) is 0 Å². The van der Waals surface area contributed by atoms with E-state index in [-0.39, 0.29) is 12.5 Å². The van der Waals surface area contributed by atoms with Gasteiger partial charge in [-0.25, -0.2) is 8.42 Å². The Bertz CT molecular complexity index is 967. The number of nitrogens with zero attached hydrogens (tertiary/aromatic N) is 2. The first-order valence-electron chi connectivity index (χ1n) is 8.92. The molecule has 29 heavy (non-hydrogen) atoms. The highest BCUT2D eigenvalue weighted by atomic mass is 79.9. The third kappa shape index (κ3) is 6.04. The Kier molecular flexibility index (Phi) is 7.80. The minimum absolute atomic E-state index is 0.182. The highest BCUT2D eigenvalue weighted by molar-refractivity contribution is 9.10. The molecule has 1 atom stereocenters. The molecule has 0 saturated heterocycles. The van der Waals surface area contributed by atoms with E-state index in [2.05, 4.69) is 21.2 Å². The lowest BCUT2D eigenvalue weighted by Gasteiger charge is -2.31. The number of sulfonamides is 1. The zero-order valence-electron chi connectivity index (χ0n) is 16.5. The molecule has 0 bridgehead atoms. The summed E-state index contributed by atoms with van der Waals surface area (Å²) in [5.74, 6) is -0.813. The summed E-state index contributed by atoms with van der Waals surface area (Å²) >= 11 is 3.34. The van der Waals surface area contributed by atoms with Gasteiger partial charge >= 0.3 is 0 Å². The van der Waals surface area contributed by atoms with Crippen molar-refractivity contribution in [3.8, 4) is 0 Å². The minimum atomic E-state index is -3.74. The summed E-state index contributed by atoms with van der Waals surface area (Å²) in [7, 11) is -2.24. The number of carbonyl (C=O) groups excluding carboxylic acids is 2. The summed E-state index contributed by atoms with van der Waals surface area (Å²) in [5, 5.41) is 2.54. The monoisotopic (exact) mass is 481 g/mol. The number of amides is 2. The van der Waals surface area contributed by atoms with E-state index in [1.807, 2.05) is 30.3 Å². The lowest BCUT2D eigenvalue weighted by atomic mass is 10.1. The van der Waals surface area contributed by atoms with Crippen LogP contribution < -0.4 is 9.62 Å². The van der Waals surface area contributed by atoms with Crippen LogP contribution in [0, 0.1) is 0 Å². The molecule has 0 unspecified atom stereocenters. The molecule has 2 aromatic rings. The molecule has 0 aliphatic heterocycles. The summed E-state index contributed by atoms with van der Waals surface area (Å²) in [6, 6.07) is 15.2. The van der Waals surface area contributed by atoms with Crippen molar-refractivity contribution in [3.63, 3.8) is 0 Å². The number of halogens is 1. The highest BCUT2D eigenvalue weighted by Gasteiger charge is 2.30. The van der Waals surface area contributed by atoms with E-state index >= 15 is 0 Å². The molecule has 2 amide bonds. The molecule has 7 nitrogen and oxygen atoms in total. The number of carbonyl (C=O) groups is 2. The van der Waals surface area contributed by atoms with E-state index in [9.17, 15) is 18.0 Å². The van der Waals surface area contributed by atoms with E-state index < -0.39 is 28.5 Å². The number of para-hydroxylation sites is 1. The number of rotatable bonds is 8. The van der Waals surface area contributed by atoms with Crippen LogP contribution >= 0.6 is 15.9 Å². The van der Waals surface area contributed by atoms with Crippen LogP contribution in [0.15, 0.2) is 59.1 Å². The number of likely N-dealkylation sites (N-methyl/N-ethyl adjacent to an activating group) is 1. The molecule has 156 valence electrons. The van der Waals surface area contributed by atoms with Gasteiger partial charge in [0.2, 0.25) is 21.8 Å². The van der Waals surface area contributed by atoms with Crippen molar-refractivity contribution in [2.45, 2.75) is 19.5 Å². The van der Waals surface area contributed by atoms with Crippen LogP contribution in [0.25, 0.3) is 0 Å². The normalized spacial score (nSPS) is 12.1. The van der Waals surface area contributed by atoms with Gasteiger partial charge in [0, 0.05) is 18.1 Å². The maximum atomic E-state index is 13.2. The lowest BCUT2D eigenvalue weighted by Crippen LogP contribution is -2.50. The topological polar surface area (TPSA) is 86.8 Å². The molecule has 0 radical (unpaired) electrons. The lowest BCUT2D eigenvalue weighted by molar-refractivity contribution is -0.139. The molecule has 0 aliphatic carbocycles. The van der Waals surface area contributed by atoms with Crippen molar-refractivity contribution in [2.75, 3.05) is 24.2 Å². The van der Waals surface area contributed by atoms with E-state index in [1.165, 1.54) is 11.9 Å². The summed E-state index contributed by atoms with van der Waals surface area (Å²) < 4.78 is 26.4. The van der Waals surface area contributed by atoms with Crippen molar-refractivity contribution < 1.29 is 18.0 Å². The van der Waals surface area contributed by atoms with E-state index in [0.29, 0.717) is 10.2 Å². The van der Waals surface area contributed by atoms with E-state index in [0.717, 1.165) is 16.1 Å². The van der Waals surface area contributed by atoms with Crippen LogP contribution in [-0.2, 0) is 26.2 Å². The second-order valence-electron chi connectivity index (χ2n) is 6.52. The van der Waals surface area contributed by atoms with Gasteiger partial charge in [-0.3, -0.25) is 13.9 Å². The zero-order chi connectivity index (χ0) is 21.6. The number of hydrogen-bond donors (Lipinski definition) is 1. The fraction of sp³-hybridized carbons (Fsp3) is 0.300. The molecular weight excluding hydrogens is 458 g/mol. The van der Waals surface area contributed by atoms with Crippen molar-refractivity contribution in [1.29, 1.82) is 0 Å². The van der Waals surface area contributed by atoms with Gasteiger partial charge in [0.1, 0.15) is 12.6 Å². The second-order valence-corrected chi connectivity index (χ2v) is 9.28. The highest BCUT2D eigenvalue weighted by Crippen LogP contribution is 2.27. The molecule has 2 rings (SSSR count). The summed E-state index contributed by atoms with van der Waals surface area (Å²) in [5.41, 5.74) is 1.19. The van der Waals surface area contributed by atoms with Crippen molar-refractivity contribution in [2.24, 2.45) is 0 Å². The van der Waals surface area contributed by atoms with E-state index in [1.54, 1.807) is 31.2 Å². The Hall–Kier alpha value is -2.39. The third-order valence-corrected chi connectivity index (χ3v) is 6.21. The molecule has 0 aliphatic rings. The quantitative estimate of drug-likeness (QED) is 0.626. The Labute approximate surface area is 179 Å². The van der Waals surface area contributed by atoms with Crippen LogP contribution in [0.4, 0.5) is 5.69 Å². The molecule has 0 aromatic heterocycles. The SMILES string of the molecule is CNC(=O)[C@H](C)N(Cc1ccccc1)C(=O)CN(c1ccccc1Br)S(C)(=O)=O. The smallest absolute Gasteiger partial charge is 0.244 e. The summed E-state index contributed by atoms with van der Waals surface area (Å²) in [6.07, 6.45) is 1.05. The predicted molar refractivity (Wildman–Crippen MR) is 117 cm³/mol. The van der Waals surface area contributed by atoms with Crippen LogP contribution in [0.1, 0.15) is 12.5 Å². The fourth-order valence-electron chi connectivity index (χ4n) is 2.82. The van der Waals surface area contributed by atoms with Gasteiger partial charge in [-0.1, -0.05) is 42.5 Å². The van der Waals surface area contributed by atoms with Crippen molar-refractivity contribution in [1.82, 2.24) is 10.2 Å². The van der Waals surface area contributed by atoms with Crippen molar-refractivity contribution >= 4 is 43.5 Å². The summed E-state index contributed by atoms with van der Waals surface area (Å²) in [4.78, 5) is 26.8. The average Bonchev–Trinajstić information content (AvgIpc) is 2.69. The average molecular weight is 482 g/mol. The molecule has 2 aromatic carbocycles. The number of anilines is 1.